The first-order valence-corrected chi connectivity index (χ1v) is 8.27. The summed E-state index contributed by atoms with van der Waals surface area (Å²) in [7, 11) is 0. The van der Waals surface area contributed by atoms with Crippen LogP contribution >= 0.6 is 0 Å². The van der Waals surface area contributed by atoms with E-state index in [9.17, 15) is 9.59 Å². The molecule has 0 bridgehead atoms. The zero-order chi connectivity index (χ0) is 16.2. The normalized spacial score (nSPS) is 15.2. The lowest BCUT2D eigenvalue weighted by Gasteiger charge is -2.09. The highest BCUT2D eigenvalue weighted by Crippen LogP contribution is 2.28. The van der Waals surface area contributed by atoms with Crippen molar-refractivity contribution in [1.82, 2.24) is 9.38 Å². The van der Waals surface area contributed by atoms with E-state index in [-0.39, 0.29) is 18.1 Å². The molecule has 1 fully saturated rings. The summed E-state index contributed by atoms with van der Waals surface area (Å²) in [6, 6.07) is 5.14. The predicted octanol–water partition coefficient (Wildman–Crippen LogP) is 3.02. The molecule has 2 aromatic heterocycles. The largest absolute Gasteiger partial charge is 0.459 e. The van der Waals surface area contributed by atoms with Gasteiger partial charge in [0.25, 0.3) is 5.56 Å². The Morgan fingerprint density at radius 2 is 2.17 bits per heavy atom. The van der Waals surface area contributed by atoms with E-state index in [1.807, 2.05) is 19.1 Å². The van der Waals surface area contributed by atoms with E-state index >= 15 is 0 Å². The minimum absolute atomic E-state index is 0.0591. The molecule has 0 atom stereocenters. The van der Waals surface area contributed by atoms with E-state index in [1.165, 1.54) is 36.2 Å². The molecule has 2 heterocycles. The lowest BCUT2D eigenvalue weighted by Crippen LogP contribution is -2.17. The second kappa shape index (κ2) is 6.94. The van der Waals surface area contributed by atoms with Gasteiger partial charge in [-0.15, -0.1) is 0 Å². The second-order valence-electron chi connectivity index (χ2n) is 6.32. The Kier molecular flexibility index (Phi) is 4.74. The molecule has 0 saturated heterocycles. The SMILES string of the molecule is Cc1cccn2c(=O)cc(COC(=O)CCC3CCCC3)nc12. The van der Waals surface area contributed by atoms with Gasteiger partial charge in [0, 0.05) is 18.7 Å². The van der Waals surface area contributed by atoms with Crippen LogP contribution in [0.2, 0.25) is 0 Å². The van der Waals surface area contributed by atoms with Crippen molar-refractivity contribution in [3.05, 3.63) is 46.0 Å². The highest BCUT2D eigenvalue weighted by Gasteiger charge is 2.16. The van der Waals surface area contributed by atoms with Gasteiger partial charge in [-0.3, -0.25) is 14.0 Å². The summed E-state index contributed by atoms with van der Waals surface area (Å²) >= 11 is 0. The maximum absolute atomic E-state index is 12.1. The Bertz CT molecular complexity index is 760. The summed E-state index contributed by atoms with van der Waals surface area (Å²) in [4.78, 5) is 28.4. The molecule has 1 aliphatic carbocycles. The number of pyridine rings is 1. The number of hydrogen-bond acceptors (Lipinski definition) is 4. The molecule has 0 amide bonds. The standard InChI is InChI=1S/C18H22N2O3/c1-13-5-4-10-20-16(21)11-15(19-18(13)20)12-23-17(22)9-8-14-6-2-3-7-14/h4-5,10-11,14H,2-3,6-9,12H2,1H3. The molecule has 0 aromatic carbocycles. The lowest BCUT2D eigenvalue weighted by molar-refractivity contribution is -0.145. The van der Waals surface area contributed by atoms with Crippen molar-refractivity contribution in [2.24, 2.45) is 5.92 Å². The van der Waals surface area contributed by atoms with Crippen LogP contribution in [0, 0.1) is 12.8 Å². The minimum Gasteiger partial charge on any atom is -0.459 e. The van der Waals surface area contributed by atoms with E-state index in [1.54, 1.807) is 6.20 Å². The minimum atomic E-state index is -0.205. The third kappa shape index (κ3) is 3.78. The molecule has 0 radical (unpaired) electrons. The summed E-state index contributed by atoms with van der Waals surface area (Å²) in [6.07, 6.45) is 8.08. The zero-order valence-corrected chi connectivity index (χ0v) is 13.5. The summed E-state index contributed by atoms with van der Waals surface area (Å²) in [5.41, 5.74) is 1.87. The Morgan fingerprint density at radius 1 is 1.39 bits per heavy atom. The number of carbonyl (C=O) groups is 1. The second-order valence-corrected chi connectivity index (χ2v) is 6.32. The van der Waals surface area contributed by atoms with Gasteiger partial charge in [0.1, 0.15) is 12.3 Å². The Hall–Kier alpha value is -2.17. The van der Waals surface area contributed by atoms with Gasteiger partial charge >= 0.3 is 5.97 Å². The average Bonchev–Trinajstić information content (AvgIpc) is 3.05. The lowest BCUT2D eigenvalue weighted by atomic mass is 10.0. The number of fused-ring (bicyclic) bond motifs is 1. The van der Waals surface area contributed by atoms with Crippen molar-refractivity contribution in [3.8, 4) is 0 Å². The maximum atomic E-state index is 12.1. The molecular weight excluding hydrogens is 292 g/mol. The van der Waals surface area contributed by atoms with E-state index in [4.69, 9.17) is 4.74 Å². The van der Waals surface area contributed by atoms with E-state index in [2.05, 4.69) is 4.98 Å². The van der Waals surface area contributed by atoms with E-state index < -0.39 is 0 Å². The third-order valence-electron chi connectivity index (χ3n) is 4.55. The van der Waals surface area contributed by atoms with Gasteiger partial charge in [-0.1, -0.05) is 31.7 Å². The van der Waals surface area contributed by atoms with Crippen molar-refractivity contribution in [2.75, 3.05) is 0 Å². The molecule has 0 spiro atoms. The zero-order valence-electron chi connectivity index (χ0n) is 13.5. The monoisotopic (exact) mass is 314 g/mol. The van der Waals surface area contributed by atoms with Gasteiger partial charge in [-0.25, -0.2) is 4.98 Å². The fraction of sp³-hybridized carbons (Fsp3) is 0.500. The van der Waals surface area contributed by atoms with Crippen molar-refractivity contribution in [3.63, 3.8) is 0 Å². The van der Waals surface area contributed by atoms with Gasteiger partial charge in [0.2, 0.25) is 0 Å². The molecule has 0 aliphatic heterocycles. The molecule has 23 heavy (non-hydrogen) atoms. The number of carbonyl (C=O) groups excluding carboxylic acids is 1. The van der Waals surface area contributed by atoms with Crippen LogP contribution in [-0.2, 0) is 16.1 Å². The topological polar surface area (TPSA) is 60.7 Å². The van der Waals surface area contributed by atoms with Crippen LogP contribution in [0.1, 0.15) is 49.8 Å². The highest BCUT2D eigenvalue weighted by molar-refractivity contribution is 5.69. The van der Waals surface area contributed by atoms with Crippen LogP contribution in [0.5, 0.6) is 0 Å². The summed E-state index contributed by atoms with van der Waals surface area (Å²) in [6.45, 7) is 1.96. The van der Waals surface area contributed by atoms with Gasteiger partial charge in [-0.05, 0) is 30.9 Å². The van der Waals surface area contributed by atoms with Gasteiger partial charge in [0.05, 0.1) is 5.69 Å². The number of nitrogens with zero attached hydrogens (tertiary/aromatic N) is 2. The molecule has 0 unspecified atom stereocenters. The van der Waals surface area contributed by atoms with Crippen molar-refractivity contribution >= 4 is 11.6 Å². The van der Waals surface area contributed by atoms with Crippen LogP contribution in [-0.4, -0.2) is 15.4 Å². The van der Waals surface area contributed by atoms with Gasteiger partial charge in [-0.2, -0.15) is 0 Å². The molecule has 5 nitrogen and oxygen atoms in total. The first-order chi connectivity index (χ1) is 11.1. The van der Waals surface area contributed by atoms with E-state index in [0.29, 0.717) is 23.7 Å². The number of aromatic nitrogens is 2. The fourth-order valence-corrected chi connectivity index (χ4v) is 3.23. The maximum Gasteiger partial charge on any atom is 0.306 e. The predicted molar refractivity (Wildman–Crippen MR) is 87.2 cm³/mol. The first kappa shape index (κ1) is 15.7. The molecule has 5 heteroatoms. The van der Waals surface area contributed by atoms with Crippen LogP contribution in [0.15, 0.2) is 29.2 Å². The van der Waals surface area contributed by atoms with Crippen LogP contribution in [0.4, 0.5) is 0 Å². The van der Waals surface area contributed by atoms with Crippen LogP contribution in [0.25, 0.3) is 5.65 Å². The average molecular weight is 314 g/mol. The number of rotatable bonds is 5. The smallest absolute Gasteiger partial charge is 0.306 e. The summed E-state index contributed by atoms with van der Waals surface area (Å²) < 4.78 is 6.78. The van der Waals surface area contributed by atoms with Gasteiger partial charge < -0.3 is 4.74 Å². The third-order valence-corrected chi connectivity index (χ3v) is 4.55. The number of hydrogen-bond donors (Lipinski definition) is 0. The Morgan fingerprint density at radius 3 is 2.96 bits per heavy atom. The summed E-state index contributed by atoms with van der Waals surface area (Å²) in [5.74, 6) is 0.470. The molecular formula is C18H22N2O3. The van der Waals surface area contributed by atoms with Gasteiger partial charge in [0.15, 0.2) is 0 Å². The van der Waals surface area contributed by atoms with Crippen molar-refractivity contribution in [1.29, 1.82) is 0 Å². The quantitative estimate of drug-likeness (QED) is 0.796. The van der Waals surface area contributed by atoms with Crippen molar-refractivity contribution < 1.29 is 9.53 Å². The molecule has 0 N–H and O–H groups in total. The van der Waals surface area contributed by atoms with Crippen LogP contribution in [0.3, 0.4) is 0 Å². The molecule has 3 rings (SSSR count). The number of aryl methyl sites for hydroxylation is 1. The summed E-state index contributed by atoms with van der Waals surface area (Å²) in [5, 5.41) is 0. The molecule has 122 valence electrons. The van der Waals surface area contributed by atoms with E-state index in [0.717, 1.165) is 12.0 Å². The fourth-order valence-electron chi connectivity index (χ4n) is 3.23. The number of esters is 1. The highest BCUT2D eigenvalue weighted by atomic mass is 16.5. The molecule has 1 saturated carbocycles. The molecule has 2 aromatic rings. The first-order valence-electron chi connectivity index (χ1n) is 8.27. The van der Waals surface area contributed by atoms with Crippen molar-refractivity contribution in [2.45, 2.75) is 52.1 Å². The number of ether oxygens (including phenoxy) is 1. The van der Waals surface area contributed by atoms with Crippen LogP contribution < -0.4 is 5.56 Å². The molecule has 1 aliphatic rings. The Labute approximate surface area is 135 Å². The Balaban J connectivity index is 1.61.